The Labute approximate surface area is 186 Å². The number of hydrogen-bond donors (Lipinski definition) is 0. The molecule has 1 saturated heterocycles. The van der Waals surface area contributed by atoms with E-state index in [0.29, 0.717) is 12.5 Å². The van der Waals surface area contributed by atoms with Crippen molar-refractivity contribution in [1.82, 2.24) is 9.47 Å². The maximum Gasteiger partial charge on any atom is 0.416 e. The molecule has 1 fully saturated rings. The van der Waals surface area contributed by atoms with Crippen molar-refractivity contribution in [2.24, 2.45) is 0 Å². The normalized spacial score (nSPS) is 15.2. The van der Waals surface area contributed by atoms with Gasteiger partial charge in [-0.15, -0.1) is 0 Å². The third-order valence-corrected chi connectivity index (χ3v) is 6.11. The number of halogens is 3. The van der Waals surface area contributed by atoms with Gasteiger partial charge in [-0.2, -0.15) is 13.2 Å². The van der Waals surface area contributed by atoms with E-state index in [0.717, 1.165) is 54.7 Å². The van der Waals surface area contributed by atoms with Crippen molar-refractivity contribution in [1.29, 1.82) is 0 Å². The number of rotatable bonds is 4. The van der Waals surface area contributed by atoms with Crippen molar-refractivity contribution in [3.63, 3.8) is 0 Å². The molecule has 0 unspecified atom stereocenters. The Morgan fingerprint density at radius 3 is 2.31 bits per heavy atom. The molecule has 3 nitrogen and oxygen atoms in total. The lowest BCUT2D eigenvalue weighted by Crippen LogP contribution is -2.37. The van der Waals surface area contributed by atoms with E-state index in [9.17, 15) is 18.0 Å². The molecule has 0 N–H and O–H groups in total. The zero-order valence-electron chi connectivity index (χ0n) is 18.3. The number of alkyl halides is 3. The highest BCUT2D eigenvalue weighted by atomic mass is 19.4. The number of piperidine rings is 1. The Bertz CT molecular complexity index is 1130. The van der Waals surface area contributed by atoms with Gasteiger partial charge in [0.2, 0.25) is 5.91 Å². The van der Waals surface area contributed by atoms with Crippen molar-refractivity contribution < 1.29 is 18.0 Å². The quantitative estimate of drug-likeness (QED) is 0.432. The molecule has 0 spiro atoms. The highest BCUT2D eigenvalue weighted by Crippen LogP contribution is 2.35. The van der Waals surface area contributed by atoms with Gasteiger partial charge in [0.05, 0.1) is 5.56 Å². The number of allylic oxidation sites excluding steroid dienone is 1. The van der Waals surface area contributed by atoms with E-state index in [1.807, 2.05) is 30.9 Å². The van der Waals surface area contributed by atoms with E-state index in [1.54, 1.807) is 18.2 Å². The van der Waals surface area contributed by atoms with E-state index in [2.05, 4.69) is 22.9 Å². The van der Waals surface area contributed by atoms with Gasteiger partial charge in [0.1, 0.15) is 0 Å². The van der Waals surface area contributed by atoms with E-state index in [4.69, 9.17) is 0 Å². The number of carbonyl (C=O) groups is 1. The Balaban J connectivity index is 1.55. The molecule has 0 bridgehead atoms. The first kappa shape index (κ1) is 22.2. The third kappa shape index (κ3) is 4.74. The van der Waals surface area contributed by atoms with Crippen molar-refractivity contribution in [2.45, 2.75) is 45.3 Å². The Kier molecular flexibility index (Phi) is 6.13. The number of benzene rings is 2. The lowest BCUT2D eigenvalue weighted by atomic mass is 9.89. The van der Waals surface area contributed by atoms with Gasteiger partial charge in [-0.3, -0.25) is 4.79 Å². The first-order valence-electron chi connectivity index (χ1n) is 10.9. The summed E-state index contributed by atoms with van der Waals surface area (Å²) < 4.78 is 40.7. The van der Waals surface area contributed by atoms with Gasteiger partial charge < -0.3 is 9.47 Å². The molecule has 1 aliphatic heterocycles. The molecule has 3 aromatic rings. The first-order chi connectivity index (χ1) is 15.2. The number of carbonyl (C=O) groups excluding carboxylic acids is 1. The Hall–Kier alpha value is -3.02. The fourth-order valence-corrected chi connectivity index (χ4v) is 4.48. The van der Waals surface area contributed by atoms with Gasteiger partial charge in [-0.05, 0) is 61.9 Å². The molecule has 1 aliphatic rings. The Morgan fingerprint density at radius 1 is 1.03 bits per heavy atom. The second-order valence-corrected chi connectivity index (χ2v) is 8.75. The van der Waals surface area contributed by atoms with Crippen LogP contribution in [0.4, 0.5) is 13.2 Å². The van der Waals surface area contributed by atoms with Crippen LogP contribution >= 0.6 is 0 Å². The monoisotopic (exact) mass is 440 g/mol. The van der Waals surface area contributed by atoms with Gasteiger partial charge in [0, 0.05) is 42.8 Å². The van der Waals surface area contributed by atoms with Crippen LogP contribution in [-0.4, -0.2) is 28.5 Å². The van der Waals surface area contributed by atoms with Crippen LogP contribution in [0.25, 0.3) is 10.9 Å². The molecule has 1 aromatic heterocycles. The molecular formula is C26H27F3N2O. The van der Waals surface area contributed by atoms with Crippen LogP contribution in [0.1, 0.15) is 49.3 Å². The fourth-order valence-electron chi connectivity index (χ4n) is 4.48. The van der Waals surface area contributed by atoms with Crippen LogP contribution < -0.4 is 0 Å². The molecule has 4 rings (SSSR count). The third-order valence-electron chi connectivity index (χ3n) is 6.11. The summed E-state index contributed by atoms with van der Waals surface area (Å²) >= 11 is 0. The molecule has 0 atom stereocenters. The van der Waals surface area contributed by atoms with Gasteiger partial charge in [-0.25, -0.2) is 0 Å². The molecule has 32 heavy (non-hydrogen) atoms. The van der Waals surface area contributed by atoms with Gasteiger partial charge in [0.15, 0.2) is 0 Å². The van der Waals surface area contributed by atoms with Crippen molar-refractivity contribution >= 4 is 16.8 Å². The van der Waals surface area contributed by atoms with Gasteiger partial charge >= 0.3 is 6.18 Å². The molecule has 2 aromatic carbocycles. The summed E-state index contributed by atoms with van der Waals surface area (Å²) in [6.07, 6.45) is 1.30. The topological polar surface area (TPSA) is 25.2 Å². The van der Waals surface area contributed by atoms with E-state index in [1.165, 1.54) is 10.9 Å². The SMILES string of the molecule is CC(C)=CC(=O)N1CCC(c2cn(Cc3ccc(C(F)(F)F)cc3)c3ccccc23)CC1. The van der Waals surface area contributed by atoms with Gasteiger partial charge in [0.25, 0.3) is 0 Å². The summed E-state index contributed by atoms with van der Waals surface area (Å²) in [4.78, 5) is 14.2. The summed E-state index contributed by atoms with van der Waals surface area (Å²) in [5.41, 5.74) is 3.52. The number of amides is 1. The zero-order valence-corrected chi connectivity index (χ0v) is 18.3. The average Bonchev–Trinajstić information content (AvgIpc) is 3.12. The number of nitrogens with zero attached hydrogens (tertiary/aromatic N) is 2. The molecule has 1 amide bonds. The van der Waals surface area contributed by atoms with Crippen LogP contribution in [0, 0.1) is 0 Å². The second-order valence-electron chi connectivity index (χ2n) is 8.75. The number of hydrogen-bond acceptors (Lipinski definition) is 1. The van der Waals surface area contributed by atoms with Crippen LogP contribution in [0.15, 0.2) is 66.4 Å². The highest BCUT2D eigenvalue weighted by Gasteiger charge is 2.30. The van der Waals surface area contributed by atoms with E-state index >= 15 is 0 Å². The fraction of sp³-hybridized carbons (Fsp3) is 0.346. The van der Waals surface area contributed by atoms with Crippen molar-refractivity contribution in [2.75, 3.05) is 13.1 Å². The average molecular weight is 441 g/mol. The largest absolute Gasteiger partial charge is 0.416 e. The number of likely N-dealkylation sites (tertiary alicyclic amines) is 1. The number of aromatic nitrogens is 1. The van der Waals surface area contributed by atoms with Crippen LogP contribution in [0.2, 0.25) is 0 Å². The zero-order chi connectivity index (χ0) is 22.9. The first-order valence-corrected chi connectivity index (χ1v) is 10.9. The summed E-state index contributed by atoms with van der Waals surface area (Å²) in [6.45, 7) is 5.82. The molecule has 0 radical (unpaired) electrons. The summed E-state index contributed by atoms with van der Waals surface area (Å²) in [5, 5.41) is 1.17. The van der Waals surface area contributed by atoms with Crippen LogP contribution in [0.3, 0.4) is 0 Å². The maximum atomic E-state index is 12.9. The second kappa shape index (κ2) is 8.85. The lowest BCUT2D eigenvalue weighted by Gasteiger charge is -2.31. The molecule has 0 saturated carbocycles. The minimum atomic E-state index is -4.33. The van der Waals surface area contributed by atoms with E-state index < -0.39 is 11.7 Å². The standard InChI is InChI=1S/C26H27F3N2O/c1-18(2)15-25(32)30-13-11-20(12-14-30)23-17-31(24-6-4-3-5-22(23)24)16-19-7-9-21(10-8-19)26(27,28)29/h3-10,15,17,20H,11-14,16H2,1-2H3. The van der Waals surface area contributed by atoms with Crippen molar-refractivity contribution in [3.8, 4) is 0 Å². The van der Waals surface area contributed by atoms with Crippen LogP contribution in [-0.2, 0) is 17.5 Å². The molecule has 6 heteroatoms. The highest BCUT2D eigenvalue weighted by molar-refractivity contribution is 5.88. The minimum Gasteiger partial charge on any atom is -0.343 e. The van der Waals surface area contributed by atoms with Gasteiger partial charge in [-0.1, -0.05) is 35.9 Å². The lowest BCUT2D eigenvalue weighted by molar-refractivity contribution is -0.137. The number of para-hydroxylation sites is 1. The number of fused-ring (bicyclic) bond motifs is 1. The predicted octanol–water partition coefficient (Wildman–Crippen LogP) is 6.38. The van der Waals surface area contributed by atoms with Crippen LogP contribution in [0.5, 0.6) is 0 Å². The van der Waals surface area contributed by atoms with Crippen molar-refractivity contribution in [3.05, 3.63) is 83.1 Å². The molecular weight excluding hydrogens is 413 g/mol. The summed E-state index contributed by atoms with van der Waals surface area (Å²) in [6, 6.07) is 13.5. The summed E-state index contributed by atoms with van der Waals surface area (Å²) in [5.74, 6) is 0.428. The van der Waals surface area contributed by atoms with E-state index in [-0.39, 0.29) is 5.91 Å². The molecule has 2 heterocycles. The molecule has 0 aliphatic carbocycles. The Morgan fingerprint density at radius 2 is 1.69 bits per heavy atom. The predicted molar refractivity (Wildman–Crippen MR) is 120 cm³/mol. The smallest absolute Gasteiger partial charge is 0.343 e. The minimum absolute atomic E-state index is 0.0770. The maximum absolute atomic E-state index is 12.9. The molecule has 168 valence electrons. The summed E-state index contributed by atoms with van der Waals surface area (Å²) in [7, 11) is 0.